The molecule has 2 aromatic rings. The summed E-state index contributed by atoms with van der Waals surface area (Å²) in [4.78, 5) is 16.1. The van der Waals surface area contributed by atoms with Crippen molar-refractivity contribution in [3.63, 3.8) is 0 Å². The molecule has 1 amide bonds. The molecule has 1 aliphatic heterocycles. The third-order valence-electron chi connectivity index (χ3n) is 3.66. The Labute approximate surface area is 150 Å². The number of nitrogens with one attached hydrogen (secondary N) is 2. The molecule has 1 saturated heterocycles. The van der Waals surface area contributed by atoms with Gasteiger partial charge in [-0.1, -0.05) is 11.6 Å². The zero-order chi connectivity index (χ0) is 16.6. The van der Waals surface area contributed by atoms with Crippen molar-refractivity contribution in [2.75, 3.05) is 18.4 Å². The molecule has 120 valence electrons. The highest BCUT2D eigenvalue weighted by Gasteiger charge is 2.27. The second-order valence-corrected chi connectivity index (χ2v) is 6.84. The second-order valence-electron chi connectivity index (χ2n) is 5.21. The van der Waals surface area contributed by atoms with Gasteiger partial charge >= 0.3 is 0 Å². The monoisotopic (exact) mass is 446 g/mol. The molecule has 0 bridgehead atoms. The Morgan fingerprint density at radius 1 is 1.43 bits per heavy atom. The molecule has 0 spiro atoms. The maximum Gasteiger partial charge on any atom is 0.252 e. The van der Waals surface area contributed by atoms with Gasteiger partial charge in [-0.15, -0.1) is 0 Å². The molecule has 0 saturated carbocycles. The third-order valence-corrected chi connectivity index (χ3v) is 4.72. The Bertz CT molecular complexity index is 782. The molecule has 1 aromatic heterocycles. The number of halogens is 3. The van der Waals surface area contributed by atoms with Gasteiger partial charge in [-0.2, -0.15) is 0 Å². The molecule has 1 aromatic carbocycles. The first-order chi connectivity index (χ1) is 11.0. The number of anilines is 2. The summed E-state index contributed by atoms with van der Waals surface area (Å²) in [6, 6.07) is 4.72. The van der Waals surface area contributed by atoms with Crippen LogP contribution < -0.4 is 16.4 Å². The molecule has 1 aliphatic rings. The standard InChI is InChI=1S/C15H13ClFIN4O/c16-13-12(15(19)23)11(6-21-14(13)7-4-20-5-7)22-10-2-1-8(18)3-9(10)17/h1-3,6-7,20,22H,4-5H2,(H2,19,23). The molecule has 2 heterocycles. The normalized spacial score (nSPS) is 14.4. The average Bonchev–Trinajstić information content (AvgIpc) is 2.42. The number of amides is 1. The summed E-state index contributed by atoms with van der Waals surface area (Å²) >= 11 is 8.34. The maximum atomic E-state index is 14.0. The predicted molar refractivity (Wildman–Crippen MR) is 95.8 cm³/mol. The minimum absolute atomic E-state index is 0.126. The van der Waals surface area contributed by atoms with Crippen LogP contribution in [0.4, 0.5) is 15.8 Å². The van der Waals surface area contributed by atoms with Crippen LogP contribution in [0, 0.1) is 9.39 Å². The Hall–Kier alpha value is -1.45. The first-order valence-electron chi connectivity index (χ1n) is 6.88. The van der Waals surface area contributed by atoms with E-state index < -0.39 is 11.7 Å². The number of primary amides is 1. The first-order valence-corrected chi connectivity index (χ1v) is 8.34. The van der Waals surface area contributed by atoms with Gasteiger partial charge < -0.3 is 16.4 Å². The van der Waals surface area contributed by atoms with Crippen LogP contribution in [0.5, 0.6) is 0 Å². The van der Waals surface area contributed by atoms with Crippen molar-refractivity contribution < 1.29 is 9.18 Å². The van der Waals surface area contributed by atoms with E-state index in [0.29, 0.717) is 11.4 Å². The van der Waals surface area contributed by atoms with Crippen LogP contribution in [0.3, 0.4) is 0 Å². The topological polar surface area (TPSA) is 80.0 Å². The zero-order valence-corrected chi connectivity index (χ0v) is 14.8. The van der Waals surface area contributed by atoms with E-state index in [1.165, 1.54) is 12.3 Å². The van der Waals surface area contributed by atoms with Gasteiger partial charge in [-0.3, -0.25) is 9.78 Å². The van der Waals surface area contributed by atoms with E-state index in [1.54, 1.807) is 12.1 Å². The molecule has 8 heteroatoms. The fraction of sp³-hybridized carbons (Fsp3) is 0.200. The van der Waals surface area contributed by atoms with Crippen LogP contribution in [-0.4, -0.2) is 24.0 Å². The van der Waals surface area contributed by atoms with E-state index in [9.17, 15) is 9.18 Å². The Balaban J connectivity index is 2.01. The molecule has 4 N–H and O–H groups in total. The molecule has 0 radical (unpaired) electrons. The largest absolute Gasteiger partial charge is 0.365 e. The number of hydrogen-bond donors (Lipinski definition) is 3. The van der Waals surface area contributed by atoms with E-state index in [-0.39, 0.29) is 22.2 Å². The summed E-state index contributed by atoms with van der Waals surface area (Å²) in [6.07, 6.45) is 1.47. The third kappa shape index (κ3) is 3.26. The lowest BCUT2D eigenvalue weighted by Crippen LogP contribution is -2.40. The van der Waals surface area contributed by atoms with Crippen molar-refractivity contribution in [1.29, 1.82) is 0 Å². The predicted octanol–water partition coefficient (Wildman–Crippen LogP) is 3.01. The van der Waals surface area contributed by atoms with Crippen molar-refractivity contribution in [3.8, 4) is 0 Å². The van der Waals surface area contributed by atoms with Gasteiger partial charge in [0.2, 0.25) is 0 Å². The van der Waals surface area contributed by atoms with Crippen molar-refractivity contribution in [2.45, 2.75) is 5.92 Å². The summed E-state index contributed by atoms with van der Waals surface area (Å²) < 4.78 is 14.8. The van der Waals surface area contributed by atoms with Gasteiger partial charge in [0.15, 0.2) is 0 Å². The highest BCUT2D eigenvalue weighted by atomic mass is 127. The minimum atomic E-state index is -0.681. The number of nitrogens with zero attached hydrogens (tertiary/aromatic N) is 1. The number of hydrogen-bond acceptors (Lipinski definition) is 4. The summed E-state index contributed by atoms with van der Waals surface area (Å²) in [5, 5.41) is 6.19. The van der Waals surface area contributed by atoms with E-state index in [1.807, 2.05) is 22.6 Å². The Kier molecular flexibility index (Phi) is 4.69. The van der Waals surface area contributed by atoms with Crippen LogP contribution in [0.15, 0.2) is 24.4 Å². The van der Waals surface area contributed by atoms with Crippen LogP contribution in [-0.2, 0) is 0 Å². The van der Waals surface area contributed by atoms with Gasteiger partial charge in [-0.25, -0.2) is 4.39 Å². The van der Waals surface area contributed by atoms with E-state index in [0.717, 1.165) is 16.7 Å². The number of nitrogens with two attached hydrogens (primary N) is 1. The lowest BCUT2D eigenvalue weighted by molar-refractivity contribution is 0.100. The minimum Gasteiger partial charge on any atom is -0.365 e. The number of carbonyl (C=O) groups excluding carboxylic acids is 1. The molecule has 0 aliphatic carbocycles. The summed E-state index contributed by atoms with van der Waals surface area (Å²) in [6.45, 7) is 1.51. The zero-order valence-electron chi connectivity index (χ0n) is 11.9. The summed E-state index contributed by atoms with van der Waals surface area (Å²) in [5.74, 6) is -0.959. The second kappa shape index (κ2) is 6.58. The summed E-state index contributed by atoms with van der Waals surface area (Å²) in [5.41, 5.74) is 6.73. The first kappa shape index (κ1) is 16.4. The number of benzene rings is 1. The highest BCUT2D eigenvalue weighted by Crippen LogP contribution is 2.34. The van der Waals surface area contributed by atoms with Gasteiger partial charge in [-0.05, 0) is 40.8 Å². The van der Waals surface area contributed by atoms with Crippen molar-refractivity contribution in [3.05, 3.63) is 50.1 Å². The average molecular weight is 447 g/mol. The fourth-order valence-electron chi connectivity index (χ4n) is 2.34. The lowest BCUT2D eigenvalue weighted by atomic mass is 9.96. The molecular formula is C15H13ClFIN4O. The number of rotatable bonds is 4. The van der Waals surface area contributed by atoms with E-state index in [4.69, 9.17) is 17.3 Å². The van der Waals surface area contributed by atoms with Gasteiger partial charge in [0, 0.05) is 22.6 Å². The Morgan fingerprint density at radius 2 is 2.17 bits per heavy atom. The van der Waals surface area contributed by atoms with Crippen LogP contribution >= 0.6 is 34.2 Å². The highest BCUT2D eigenvalue weighted by molar-refractivity contribution is 14.1. The fourth-order valence-corrected chi connectivity index (χ4v) is 3.19. The number of aromatic nitrogens is 1. The summed E-state index contributed by atoms with van der Waals surface area (Å²) in [7, 11) is 0. The van der Waals surface area contributed by atoms with Crippen LogP contribution in [0.2, 0.25) is 5.02 Å². The van der Waals surface area contributed by atoms with Crippen LogP contribution in [0.1, 0.15) is 22.0 Å². The van der Waals surface area contributed by atoms with Gasteiger partial charge in [0.05, 0.1) is 33.9 Å². The lowest BCUT2D eigenvalue weighted by Gasteiger charge is -2.28. The van der Waals surface area contributed by atoms with Crippen molar-refractivity contribution in [2.24, 2.45) is 5.73 Å². The van der Waals surface area contributed by atoms with Crippen LogP contribution in [0.25, 0.3) is 0 Å². The molecular weight excluding hydrogens is 434 g/mol. The Morgan fingerprint density at radius 3 is 2.74 bits per heavy atom. The molecule has 0 atom stereocenters. The molecule has 5 nitrogen and oxygen atoms in total. The van der Waals surface area contributed by atoms with Crippen molar-refractivity contribution >= 4 is 51.5 Å². The maximum absolute atomic E-state index is 14.0. The van der Waals surface area contributed by atoms with E-state index >= 15 is 0 Å². The molecule has 23 heavy (non-hydrogen) atoms. The smallest absolute Gasteiger partial charge is 0.252 e. The van der Waals surface area contributed by atoms with Crippen molar-refractivity contribution in [1.82, 2.24) is 10.3 Å². The number of carbonyl (C=O) groups is 1. The van der Waals surface area contributed by atoms with E-state index in [2.05, 4.69) is 15.6 Å². The quantitative estimate of drug-likeness (QED) is 0.631. The van der Waals surface area contributed by atoms with Gasteiger partial charge in [0.25, 0.3) is 5.91 Å². The molecule has 1 fully saturated rings. The van der Waals surface area contributed by atoms with Gasteiger partial charge in [0.1, 0.15) is 5.82 Å². The number of pyridine rings is 1. The SMILES string of the molecule is NC(=O)c1c(Nc2ccc(I)cc2F)cnc(C2CNC2)c1Cl. The molecule has 0 unspecified atom stereocenters. The molecule has 3 rings (SSSR count).